The van der Waals surface area contributed by atoms with Crippen LogP contribution in [0.5, 0.6) is 0 Å². The third-order valence-corrected chi connectivity index (χ3v) is 4.47. The summed E-state index contributed by atoms with van der Waals surface area (Å²) in [4.78, 5) is 36.6. The Hall–Kier alpha value is -3.01. The monoisotopic (exact) mass is 506 g/mol. The highest BCUT2D eigenvalue weighted by atomic mass is 19.4. The SMILES string of the molecule is NC(=O)[C@H](C(=O)Nc1ccc(N2CCOCC2=O)cc1C(F)F)N(CC(F)(F)F)CC(F)(F)F. The van der Waals surface area contributed by atoms with E-state index in [9.17, 15) is 49.5 Å². The summed E-state index contributed by atoms with van der Waals surface area (Å²) in [5, 5.41) is 1.74. The van der Waals surface area contributed by atoms with Gasteiger partial charge in [-0.1, -0.05) is 0 Å². The Labute approximate surface area is 186 Å². The summed E-state index contributed by atoms with van der Waals surface area (Å²) in [6.07, 6.45) is -13.8. The summed E-state index contributed by atoms with van der Waals surface area (Å²) in [5.41, 5.74) is 3.28. The number of primary amides is 1. The predicted octanol–water partition coefficient (Wildman–Crippen LogP) is 2.21. The van der Waals surface area contributed by atoms with Crippen molar-refractivity contribution in [1.82, 2.24) is 4.90 Å². The number of benzene rings is 1. The van der Waals surface area contributed by atoms with Gasteiger partial charge in [-0.25, -0.2) is 8.78 Å². The van der Waals surface area contributed by atoms with Gasteiger partial charge in [0, 0.05) is 23.5 Å². The van der Waals surface area contributed by atoms with Crippen molar-refractivity contribution in [3.63, 3.8) is 0 Å². The summed E-state index contributed by atoms with van der Waals surface area (Å²) in [6, 6.07) is 0.0151. The molecule has 1 aromatic carbocycles. The highest BCUT2D eigenvalue weighted by Crippen LogP contribution is 2.32. The number of nitrogens with zero attached hydrogens (tertiary/aromatic N) is 2. The summed E-state index contributed by atoms with van der Waals surface area (Å²) in [6.45, 7) is -4.82. The maximum absolute atomic E-state index is 13.6. The molecule has 2 rings (SSSR count). The van der Waals surface area contributed by atoms with Crippen LogP contribution in [0.2, 0.25) is 0 Å². The van der Waals surface area contributed by atoms with E-state index in [-0.39, 0.29) is 25.4 Å². The molecule has 190 valence electrons. The lowest BCUT2D eigenvalue weighted by Crippen LogP contribution is -2.56. The first-order chi connectivity index (χ1) is 15.6. The number of nitrogens with two attached hydrogens (primary N) is 1. The topological polar surface area (TPSA) is 105 Å². The second kappa shape index (κ2) is 10.5. The van der Waals surface area contributed by atoms with E-state index in [0.29, 0.717) is 0 Å². The van der Waals surface area contributed by atoms with Crippen LogP contribution in [-0.4, -0.2) is 73.9 Å². The number of carbonyl (C=O) groups is 3. The van der Waals surface area contributed by atoms with E-state index in [1.165, 1.54) is 0 Å². The molecule has 0 aliphatic carbocycles. The van der Waals surface area contributed by atoms with Gasteiger partial charge in [0.2, 0.25) is 5.91 Å². The van der Waals surface area contributed by atoms with Crippen molar-refractivity contribution in [2.75, 3.05) is 43.1 Å². The smallest absolute Gasteiger partial charge is 0.370 e. The van der Waals surface area contributed by atoms with Gasteiger partial charge in [0.15, 0.2) is 6.04 Å². The van der Waals surface area contributed by atoms with Gasteiger partial charge in [-0.3, -0.25) is 19.3 Å². The number of morpholine rings is 1. The molecule has 1 aliphatic rings. The molecule has 8 nitrogen and oxygen atoms in total. The van der Waals surface area contributed by atoms with Crippen molar-refractivity contribution >= 4 is 29.1 Å². The molecule has 3 amide bonds. The number of anilines is 2. The van der Waals surface area contributed by atoms with E-state index in [4.69, 9.17) is 10.5 Å². The van der Waals surface area contributed by atoms with Crippen LogP contribution in [0.1, 0.15) is 12.0 Å². The van der Waals surface area contributed by atoms with Gasteiger partial charge in [-0.15, -0.1) is 0 Å². The first-order valence-electron chi connectivity index (χ1n) is 9.37. The lowest BCUT2D eigenvalue weighted by molar-refractivity contribution is -0.187. The zero-order valence-electron chi connectivity index (χ0n) is 17.1. The van der Waals surface area contributed by atoms with Crippen LogP contribution < -0.4 is 16.0 Å². The molecule has 1 heterocycles. The molecule has 16 heteroatoms. The highest BCUT2D eigenvalue weighted by molar-refractivity contribution is 6.10. The van der Waals surface area contributed by atoms with Crippen molar-refractivity contribution in [3.05, 3.63) is 23.8 Å². The minimum absolute atomic E-state index is 0.0104. The zero-order chi connectivity index (χ0) is 25.8. The van der Waals surface area contributed by atoms with Gasteiger partial charge >= 0.3 is 12.4 Å². The molecule has 1 fully saturated rings. The highest BCUT2D eigenvalue weighted by Gasteiger charge is 2.44. The largest absolute Gasteiger partial charge is 0.401 e. The van der Waals surface area contributed by atoms with Crippen molar-refractivity contribution in [2.24, 2.45) is 5.73 Å². The standard InChI is InChI=1S/C18H18F8N4O4/c19-14(20)10-5-9(30-3-4-34-6-12(30)31)1-2-11(10)28-16(33)13(15(27)32)29(7-17(21,22)23)8-18(24,25)26/h1-2,5,13-14H,3-4,6-8H2,(H2,27,32)(H,28,33)/t13-/m1/s1. The Kier molecular flexibility index (Phi) is 8.41. The molecular weight excluding hydrogens is 488 g/mol. The fourth-order valence-electron chi connectivity index (χ4n) is 3.18. The van der Waals surface area contributed by atoms with Gasteiger partial charge in [0.05, 0.1) is 19.7 Å². The van der Waals surface area contributed by atoms with E-state index >= 15 is 0 Å². The third kappa shape index (κ3) is 7.51. The van der Waals surface area contributed by atoms with Crippen LogP contribution in [0, 0.1) is 0 Å². The molecule has 1 saturated heterocycles. The third-order valence-electron chi connectivity index (χ3n) is 4.47. The molecular formula is C18H18F8N4O4. The number of rotatable bonds is 8. The quantitative estimate of drug-likeness (QED) is 0.416. The molecule has 0 radical (unpaired) electrons. The molecule has 0 unspecified atom stereocenters. The number of halogens is 8. The number of amides is 3. The summed E-state index contributed by atoms with van der Waals surface area (Å²) < 4.78 is 109. The van der Waals surface area contributed by atoms with Gasteiger partial charge < -0.3 is 20.7 Å². The van der Waals surface area contributed by atoms with Crippen LogP contribution in [0.3, 0.4) is 0 Å². The van der Waals surface area contributed by atoms with Crippen LogP contribution >= 0.6 is 0 Å². The second-order valence-electron chi connectivity index (χ2n) is 7.10. The molecule has 1 atom stereocenters. The van der Waals surface area contributed by atoms with E-state index in [0.717, 1.165) is 23.1 Å². The van der Waals surface area contributed by atoms with Gasteiger partial charge in [0.1, 0.15) is 6.61 Å². The van der Waals surface area contributed by atoms with Crippen molar-refractivity contribution < 1.29 is 54.2 Å². The maximum Gasteiger partial charge on any atom is 0.401 e. The number of nitrogens with one attached hydrogen (secondary N) is 1. The van der Waals surface area contributed by atoms with Crippen LogP contribution in [-0.2, 0) is 19.1 Å². The van der Waals surface area contributed by atoms with E-state index in [1.54, 1.807) is 5.32 Å². The van der Waals surface area contributed by atoms with Crippen molar-refractivity contribution in [3.8, 4) is 0 Å². The summed E-state index contributed by atoms with van der Waals surface area (Å²) >= 11 is 0. The van der Waals surface area contributed by atoms with E-state index in [2.05, 4.69) is 0 Å². The fraction of sp³-hybridized carbons (Fsp3) is 0.500. The van der Waals surface area contributed by atoms with Gasteiger partial charge in [-0.2, -0.15) is 26.3 Å². The molecule has 0 spiro atoms. The molecule has 34 heavy (non-hydrogen) atoms. The number of ether oxygens (including phenoxy) is 1. The normalized spacial score (nSPS) is 16.2. The lowest BCUT2D eigenvalue weighted by Gasteiger charge is -2.30. The summed E-state index contributed by atoms with van der Waals surface area (Å²) in [7, 11) is 0. The maximum atomic E-state index is 13.6. The molecule has 1 aromatic rings. The minimum atomic E-state index is -5.25. The Morgan fingerprint density at radius 3 is 2.18 bits per heavy atom. The fourth-order valence-corrected chi connectivity index (χ4v) is 3.18. The van der Waals surface area contributed by atoms with E-state index in [1.807, 2.05) is 0 Å². The minimum Gasteiger partial charge on any atom is -0.370 e. The molecule has 3 N–H and O–H groups in total. The molecule has 0 aromatic heterocycles. The Balaban J connectivity index is 2.37. The van der Waals surface area contributed by atoms with Crippen LogP contribution in [0.25, 0.3) is 0 Å². The number of hydrogen-bond acceptors (Lipinski definition) is 5. The Morgan fingerprint density at radius 2 is 1.71 bits per heavy atom. The molecule has 0 saturated carbocycles. The van der Waals surface area contributed by atoms with Gasteiger partial charge in [-0.05, 0) is 18.2 Å². The number of alkyl halides is 8. The van der Waals surface area contributed by atoms with Crippen molar-refractivity contribution in [1.29, 1.82) is 0 Å². The zero-order valence-corrected chi connectivity index (χ0v) is 17.1. The second-order valence-corrected chi connectivity index (χ2v) is 7.10. The number of carbonyl (C=O) groups excluding carboxylic acids is 3. The molecule has 0 bridgehead atoms. The first kappa shape index (κ1) is 27.2. The van der Waals surface area contributed by atoms with Crippen LogP contribution in [0.15, 0.2) is 18.2 Å². The Bertz CT molecular complexity index is 906. The first-order valence-corrected chi connectivity index (χ1v) is 9.37. The van der Waals surface area contributed by atoms with E-state index < -0.39 is 71.8 Å². The summed E-state index contributed by atoms with van der Waals surface area (Å²) in [5.74, 6) is -4.19. The predicted molar refractivity (Wildman–Crippen MR) is 99.9 cm³/mol. The van der Waals surface area contributed by atoms with Gasteiger partial charge in [0.25, 0.3) is 18.2 Å². The lowest BCUT2D eigenvalue weighted by atomic mass is 10.1. The van der Waals surface area contributed by atoms with Crippen LogP contribution in [0.4, 0.5) is 46.5 Å². The molecule has 1 aliphatic heterocycles. The average molecular weight is 506 g/mol. The Morgan fingerprint density at radius 1 is 1.12 bits per heavy atom. The van der Waals surface area contributed by atoms with Crippen molar-refractivity contribution in [2.45, 2.75) is 24.8 Å². The average Bonchev–Trinajstić information content (AvgIpc) is 2.65. The number of hydrogen-bond donors (Lipinski definition) is 2.